The van der Waals surface area contributed by atoms with Crippen LogP contribution in [0.15, 0.2) is 48.5 Å². The van der Waals surface area contributed by atoms with E-state index < -0.39 is 0 Å². The summed E-state index contributed by atoms with van der Waals surface area (Å²) in [5, 5.41) is 2.15. The number of thiophene rings is 1. The molecular weight excluding hydrogens is 401 g/mol. The molecule has 1 aromatic heterocycles. The maximum Gasteiger partial charge on any atom is 0.265 e. The molecule has 3 aromatic rings. The van der Waals surface area contributed by atoms with Crippen LogP contribution in [0.25, 0.3) is 10.1 Å². The first-order valence-electron chi connectivity index (χ1n) is 8.94. The van der Waals surface area contributed by atoms with Crippen molar-refractivity contribution < 1.29 is 9.53 Å². The number of ether oxygens (including phenoxy) is 1. The third kappa shape index (κ3) is 4.14. The molecule has 1 atom stereocenters. The molecular formula is C21H19Cl2NO2S. The molecule has 0 radical (unpaired) electrons. The molecule has 4 rings (SSSR count). The van der Waals surface area contributed by atoms with Crippen LogP contribution in [0.1, 0.15) is 28.1 Å². The van der Waals surface area contributed by atoms with Gasteiger partial charge in [0.2, 0.25) is 0 Å². The normalized spacial score (nSPS) is 16.7. The van der Waals surface area contributed by atoms with Crippen LogP contribution < -0.4 is 0 Å². The van der Waals surface area contributed by atoms with Gasteiger partial charge in [0.1, 0.15) is 4.88 Å². The van der Waals surface area contributed by atoms with Crippen molar-refractivity contribution in [2.75, 3.05) is 13.2 Å². The van der Waals surface area contributed by atoms with Crippen molar-refractivity contribution in [1.29, 1.82) is 0 Å². The minimum Gasteiger partial charge on any atom is -0.376 e. The fourth-order valence-electron chi connectivity index (χ4n) is 3.36. The van der Waals surface area contributed by atoms with E-state index in [1.165, 1.54) is 11.3 Å². The van der Waals surface area contributed by atoms with Gasteiger partial charge < -0.3 is 9.64 Å². The zero-order valence-corrected chi connectivity index (χ0v) is 17.0. The second-order valence-electron chi connectivity index (χ2n) is 6.69. The summed E-state index contributed by atoms with van der Waals surface area (Å²) >= 11 is 14.0. The quantitative estimate of drug-likeness (QED) is 0.505. The summed E-state index contributed by atoms with van der Waals surface area (Å²) in [4.78, 5) is 15.8. The average Bonchev–Trinajstić information content (AvgIpc) is 3.31. The van der Waals surface area contributed by atoms with Crippen LogP contribution in [0, 0.1) is 0 Å². The minimum absolute atomic E-state index is 0.0494. The molecule has 0 bridgehead atoms. The number of carbonyl (C=O) groups excluding carboxylic acids is 1. The first-order valence-corrected chi connectivity index (χ1v) is 10.5. The van der Waals surface area contributed by atoms with Crippen molar-refractivity contribution in [3.8, 4) is 0 Å². The van der Waals surface area contributed by atoms with Crippen LogP contribution in [-0.2, 0) is 11.3 Å². The third-order valence-corrected chi connectivity index (χ3v) is 6.67. The molecule has 2 heterocycles. The van der Waals surface area contributed by atoms with E-state index in [0.717, 1.165) is 35.1 Å². The molecule has 1 saturated heterocycles. The van der Waals surface area contributed by atoms with Gasteiger partial charge in [-0.3, -0.25) is 4.79 Å². The van der Waals surface area contributed by atoms with Crippen LogP contribution in [0.3, 0.4) is 0 Å². The van der Waals surface area contributed by atoms with E-state index >= 15 is 0 Å². The van der Waals surface area contributed by atoms with Crippen molar-refractivity contribution >= 4 is 50.5 Å². The number of benzene rings is 2. The van der Waals surface area contributed by atoms with Crippen LogP contribution in [0.2, 0.25) is 10.0 Å². The highest BCUT2D eigenvalue weighted by atomic mass is 35.5. The van der Waals surface area contributed by atoms with E-state index in [0.29, 0.717) is 28.0 Å². The average molecular weight is 420 g/mol. The topological polar surface area (TPSA) is 29.5 Å². The number of fused-ring (bicyclic) bond motifs is 1. The lowest BCUT2D eigenvalue weighted by Gasteiger charge is -2.25. The Morgan fingerprint density at radius 2 is 1.93 bits per heavy atom. The Bertz CT molecular complexity index is 948. The van der Waals surface area contributed by atoms with Gasteiger partial charge in [0.25, 0.3) is 5.91 Å². The first kappa shape index (κ1) is 18.8. The van der Waals surface area contributed by atoms with Gasteiger partial charge in [0, 0.05) is 34.8 Å². The molecule has 0 spiro atoms. The molecule has 0 N–H and O–H groups in total. The number of halogens is 2. The summed E-state index contributed by atoms with van der Waals surface area (Å²) < 4.78 is 6.79. The molecule has 1 fully saturated rings. The molecule has 1 aliphatic rings. The van der Waals surface area contributed by atoms with E-state index in [1.54, 1.807) is 0 Å². The maximum absolute atomic E-state index is 13.4. The SMILES string of the molecule is O=C(c1sc2ccccc2c1Cl)N(Cc1ccc(Cl)cc1)CC1CCCO1. The van der Waals surface area contributed by atoms with Gasteiger partial charge in [-0.1, -0.05) is 53.5 Å². The van der Waals surface area contributed by atoms with Crippen LogP contribution in [-0.4, -0.2) is 30.1 Å². The Balaban J connectivity index is 1.64. The van der Waals surface area contributed by atoms with E-state index in [4.69, 9.17) is 27.9 Å². The number of amides is 1. The molecule has 3 nitrogen and oxygen atoms in total. The molecule has 6 heteroatoms. The smallest absolute Gasteiger partial charge is 0.265 e. The van der Waals surface area contributed by atoms with Crippen molar-refractivity contribution in [3.05, 3.63) is 69.0 Å². The molecule has 0 saturated carbocycles. The molecule has 1 amide bonds. The van der Waals surface area contributed by atoms with Crippen molar-refractivity contribution in [3.63, 3.8) is 0 Å². The van der Waals surface area contributed by atoms with E-state index in [2.05, 4.69) is 0 Å². The highest BCUT2D eigenvalue weighted by molar-refractivity contribution is 7.21. The Labute approximate surface area is 172 Å². The van der Waals surface area contributed by atoms with Gasteiger partial charge in [0.15, 0.2) is 0 Å². The zero-order chi connectivity index (χ0) is 18.8. The molecule has 1 unspecified atom stereocenters. The molecule has 27 heavy (non-hydrogen) atoms. The van der Waals surface area contributed by atoms with Crippen LogP contribution >= 0.6 is 34.5 Å². The Morgan fingerprint density at radius 1 is 1.15 bits per heavy atom. The lowest BCUT2D eigenvalue weighted by molar-refractivity contribution is 0.0511. The largest absolute Gasteiger partial charge is 0.376 e. The Morgan fingerprint density at radius 3 is 2.63 bits per heavy atom. The van der Waals surface area contributed by atoms with Gasteiger partial charge in [-0.2, -0.15) is 0 Å². The van der Waals surface area contributed by atoms with Gasteiger partial charge >= 0.3 is 0 Å². The van der Waals surface area contributed by atoms with Gasteiger partial charge in [-0.15, -0.1) is 11.3 Å². The fraction of sp³-hybridized carbons (Fsp3) is 0.286. The monoisotopic (exact) mass is 419 g/mol. The summed E-state index contributed by atoms with van der Waals surface area (Å²) in [6.07, 6.45) is 2.09. The lowest BCUT2D eigenvalue weighted by atomic mass is 10.1. The lowest BCUT2D eigenvalue weighted by Crippen LogP contribution is -2.36. The van der Waals surface area contributed by atoms with Crippen LogP contribution in [0.5, 0.6) is 0 Å². The minimum atomic E-state index is -0.0494. The summed E-state index contributed by atoms with van der Waals surface area (Å²) in [6, 6.07) is 15.4. The Kier molecular flexibility index (Phi) is 5.69. The van der Waals surface area contributed by atoms with E-state index in [-0.39, 0.29) is 12.0 Å². The summed E-state index contributed by atoms with van der Waals surface area (Å²) in [6.45, 7) is 1.82. The Hall–Kier alpha value is -1.59. The number of nitrogens with zero attached hydrogens (tertiary/aromatic N) is 1. The number of hydrogen-bond donors (Lipinski definition) is 0. The number of hydrogen-bond acceptors (Lipinski definition) is 3. The van der Waals surface area contributed by atoms with Crippen LogP contribution in [0.4, 0.5) is 0 Å². The maximum atomic E-state index is 13.4. The van der Waals surface area contributed by atoms with Gasteiger partial charge in [-0.25, -0.2) is 0 Å². The third-order valence-electron chi connectivity index (χ3n) is 4.75. The van der Waals surface area contributed by atoms with E-state index in [9.17, 15) is 4.79 Å². The van der Waals surface area contributed by atoms with Crippen molar-refractivity contribution in [2.24, 2.45) is 0 Å². The summed E-state index contributed by atoms with van der Waals surface area (Å²) in [5.41, 5.74) is 1.03. The summed E-state index contributed by atoms with van der Waals surface area (Å²) in [7, 11) is 0. The predicted molar refractivity (Wildman–Crippen MR) is 112 cm³/mol. The van der Waals surface area contributed by atoms with Crippen molar-refractivity contribution in [2.45, 2.75) is 25.5 Å². The fourth-order valence-corrected chi connectivity index (χ4v) is 4.96. The van der Waals surface area contributed by atoms with Gasteiger partial charge in [0.05, 0.1) is 11.1 Å². The molecule has 140 valence electrons. The predicted octanol–water partition coefficient (Wildman–Crippen LogP) is 6.03. The number of carbonyl (C=O) groups is 1. The standard InChI is InChI=1S/C21H19Cl2NO2S/c22-15-9-7-14(8-10-15)12-24(13-16-4-3-11-26-16)21(25)20-19(23)17-5-1-2-6-18(17)27-20/h1-2,5-10,16H,3-4,11-13H2. The van der Waals surface area contributed by atoms with Gasteiger partial charge in [-0.05, 0) is 36.6 Å². The summed E-state index contributed by atoms with van der Waals surface area (Å²) in [5.74, 6) is -0.0494. The highest BCUT2D eigenvalue weighted by Gasteiger charge is 2.27. The second kappa shape index (κ2) is 8.19. The molecule has 0 aliphatic carbocycles. The molecule has 1 aliphatic heterocycles. The van der Waals surface area contributed by atoms with Crippen molar-refractivity contribution in [1.82, 2.24) is 4.90 Å². The number of rotatable bonds is 5. The van der Waals surface area contributed by atoms with E-state index in [1.807, 2.05) is 53.4 Å². The second-order valence-corrected chi connectivity index (χ2v) is 8.56. The highest BCUT2D eigenvalue weighted by Crippen LogP contribution is 2.36. The first-order chi connectivity index (χ1) is 13.1. The molecule has 2 aromatic carbocycles. The zero-order valence-electron chi connectivity index (χ0n) is 14.7.